The molecule has 0 saturated heterocycles. The normalized spacial score (nSPS) is 9.67. The number of nitrogens with zero attached hydrogens (tertiary/aromatic N) is 1. The van der Waals surface area contributed by atoms with Gasteiger partial charge in [0.2, 0.25) is 11.8 Å². The molecule has 0 atom stereocenters. The molecule has 18 heavy (non-hydrogen) atoms. The maximum atomic E-state index is 11.6. The van der Waals surface area contributed by atoms with Crippen LogP contribution in [0.25, 0.3) is 0 Å². The molecule has 0 spiro atoms. The lowest BCUT2D eigenvalue weighted by Gasteiger charge is -2.20. The molecular weight excluding hydrogens is 252 g/mol. The molecule has 0 aliphatic heterocycles. The summed E-state index contributed by atoms with van der Waals surface area (Å²) in [5, 5.41) is 3.20. The Balaban J connectivity index is 2.77. The number of benzene rings is 1. The number of rotatable bonds is 5. The molecule has 1 aromatic carbocycles. The van der Waals surface area contributed by atoms with E-state index in [0.29, 0.717) is 17.3 Å². The lowest BCUT2D eigenvalue weighted by molar-refractivity contribution is -0.122. The summed E-state index contributed by atoms with van der Waals surface area (Å²) in [7, 11) is 0. The number of hydrogen-bond acceptors (Lipinski definition) is 2. The summed E-state index contributed by atoms with van der Waals surface area (Å²) >= 11 is 5.78. The fraction of sp³-hybridized carbons (Fsp3) is 0.231. The molecule has 1 aromatic rings. The van der Waals surface area contributed by atoms with Gasteiger partial charge in [-0.15, -0.1) is 6.58 Å². The summed E-state index contributed by atoms with van der Waals surface area (Å²) in [5.41, 5.74) is 0.639. The van der Waals surface area contributed by atoms with E-state index in [0.717, 1.165) is 0 Å². The fourth-order valence-corrected chi connectivity index (χ4v) is 1.52. The third kappa shape index (κ3) is 4.22. The highest BCUT2D eigenvalue weighted by molar-refractivity contribution is 6.30. The number of amides is 2. The number of nitrogens with one attached hydrogen (secondary N) is 1. The Morgan fingerprint density at radius 2 is 2.00 bits per heavy atom. The highest BCUT2D eigenvalue weighted by atomic mass is 35.5. The van der Waals surface area contributed by atoms with Gasteiger partial charge in [0.1, 0.15) is 6.54 Å². The van der Waals surface area contributed by atoms with Gasteiger partial charge in [0.15, 0.2) is 0 Å². The van der Waals surface area contributed by atoms with Gasteiger partial charge in [0.05, 0.1) is 0 Å². The van der Waals surface area contributed by atoms with Crippen LogP contribution >= 0.6 is 11.6 Å². The molecule has 0 aliphatic carbocycles. The summed E-state index contributed by atoms with van der Waals surface area (Å²) < 4.78 is 0. The van der Waals surface area contributed by atoms with Crippen LogP contribution in [0.3, 0.4) is 0 Å². The van der Waals surface area contributed by atoms with Crippen molar-refractivity contribution in [1.29, 1.82) is 0 Å². The van der Waals surface area contributed by atoms with Crippen molar-refractivity contribution in [3.8, 4) is 0 Å². The van der Waals surface area contributed by atoms with E-state index < -0.39 is 0 Å². The molecular formula is C13H15ClN2O2. The Hall–Kier alpha value is -1.81. The number of halogens is 1. The second-order valence-electron chi connectivity index (χ2n) is 3.67. The van der Waals surface area contributed by atoms with E-state index in [1.54, 1.807) is 30.3 Å². The van der Waals surface area contributed by atoms with E-state index in [2.05, 4.69) is 11.9 Å². The molecule has 0 bridgehead atoms. The zero-order valence-corrected chi connectivity index (χ0v) is 10.9. The molecule has 2 amide bonds. The number of anilines is 1. The largest absolute Gasteiger partial charge is 0.351 e. The van der Waals surface area contributed by atoms with Gasteiger partial charge in [-0.2, -0.15) is 0 Å². The lowest BCUT2D eigenvalue weighted by atomic mass is 10.2. The van der Waals surface area contributed by atoms with E-state index in [9.17, 15) is 9.59 Å². The van der Waals surface area contributed by atoms with Gasteiger partial charge in [-0.25, -0.2) is 0 Å². The number of carbonyl (C=O) groups is 2. The second kappa shape index (κ2) is 6.81. The first-order valence-electron chi connectivity index (χ1n) is 5.46. The first-order chi connectivity index (χ1) is 8.54. The predicted octanol–water partition coefficient (Wildman–Crippen LogP) is 2.00. The summed E-state index contributed by atoms with van der Waals surface area (Å²) in [6.45, 7) is 5.27. The van der Waals surface area contributed by atoms with Crippen LogP contribution in [0.1, 0.15) is 6.92 Å². The van der Waals surface area contributed by atoms with Crippen molar-refractivity contribution in [2.24, 2.45) is 0 Å². The first kappa shape index (κ1) is 14.3. The van der Waals surface area contributed by atoms with Gasteiger partial charge in [0, 0.05) is 24.2 Å². The number of carbonyl (C=O) groups excluding carboxylic acids is 2. The van der Waals surface area contributed by atoms with Crippen LogP contribution in [0.4, 0.5) is 5.69 Å². The molecule has 0 unspecified atom stereocenters. The summed E-state index contributed by atoms with van der Waals surface area (Å²) in [6, 6.07) is 6.75. The van der Waals surface area contributed by atoms with Crippen LogP contribution in [0, 0.1) is 0 Å². The minimum Gasteiger partial charge on any atom is -0.351 e. The van der Waals surface area contributed by atoms with Crippen molar-refractivity contribution in [3.05, 3.63) is 41.9 Å². The Morgan fingerprint density at radius 3 is 2.50 bits per heavy atom. The van der Waals surface area contributed by atoms with Crippen LogP contribution in [0.2, 0.25) is 5.02 Å². The fourth-order valence-electron chi connectivity index (χ4n) is 1.39. The van der Waals surface area contributed by atoms with Gasteiger partial charge in [-0.3, -0.25) is 9.59 Å². The van der Waals surface area contributed by atoms with Crippen LogP contribution in [-0.4, -0.2) is 24.9 Å². The summed E-state index contributed by atoms with van der Waals surface area (Å²) in [5.74, 6) is -0.439. The Kier molecular flexibility index (Phi) is 5.39. The monoisotopic (exact) mass is 266 g/mol. The van der Waals surface area contributed by atoms with E-state index >= 15 is 0 Å². The van der Waals surface area contributed by atoms with Gasteiger partial charge >= 0.3 is 0 Å². The molecule has 0 aromatic heterocycles. The molecule has 0 heterocycles. The van der Waals surface area contributed by atoms with Gasteiger partial charge in [-0.05, 0) is 24.3 Å². The highest BCUT2D eigenvalue weighted by Crippen LogP contribution is 2.17. The molecule has 0 saturated carbocycles. The van der Waals surface area contributed by atoms with Crippen molar-refractivity contribution >= 4 is 29.1 Å². The topological polar surface area (TPSA) is 49.4 Å². The van der Waals surface area contributed by atoms with E-state index in [4.69, 9.17) is 11.6 Å². The average molecular weight is 267 g/mol. The van der Waals surface area contributed by atoms with Crippen LogP contribution in [0.15, 0.2) is 36.9 Å². The predicted molar refractivity (Wildman–Crippen MR) is 72.7 cm³/mol. The summed E-state index contributed by atoms with van der Waals surface area (Å²) in [6.07, 6.45) is 1.58. The third-order valence-corrected chi connectivity index (χ3v) is 2.52. The average Bonchev–Trinajstić information content (AvgIpc) is 2.34. The third-order valence-electron chi connectivity index (χ3n) is 2.26. The van der Waals surface area contributed by atoms with Crippen molar-refractivity contribution < 1.29 is 9.59 Å². The Labute approximate surface area is 111 Å². The first-order valence-corrected chi connectivity index (χ1v) is 5.83. The number of hydrogen-bond donors (Lipinski definition) is 1. The molecule has 1 rings (SSSR count). The molecule has 4 nitrogen and oxygen atoms in total. The Bertz CT molecular complexity index is 443. The van der Waals surface area contributed by atoms with Crippen molar-refractivity contribution in [2.75, 3.05) is 18.0 Å². The maximum absolute atomic E-state index is 11.6. The molecule has 96 valence electrons. The van der Waals surface area contributed by atoms with Crippen LogP contribution in [-0.2, 0) is 9.59 Å². The van der Waals surface area contributed by atoms with Crippen molar-refractivity contribution in [2.45, 2.75) is 6.92 Å². The molecule has 5 heteroatoms. The van der Waals surface area contributed by atoms with Crippen LogP contribution < -0.4 is 10.2 Å². The molecule has 0 radical (unpaired) electrons. The van der Waals surface area contributed by atoms with E-state index in [1.165, 1.54) is 11.8 Å². The van der Waals surface area contributed by atoms with Crippen LogP contribution in [0.5, 0.6) is 0 Å². The summed E-state index contributed by atoms with van der Waals surface area (Å²) in [4.78, 5) is 24.5. The van der Waals surface area contributed by atoms with E-state index in [-0.39, 0.29) is 18.4 Å². The van der Waals surface area contributed by atoms with Gasteiger partial charge < -0.3 is 10.2 Å². The zero-order valence-electron chi connectivity index (χ0n) is 10.1. The van der Waals surface area contributed by atoms with Crippen molar-refractivity contribution in [3.63, 3.8) is 0 Å². The zero-order chi connectivity index (χ0) is 13.5. The highest BCUT2D eigenvalue weighted by Gasteiger charge is 2.15. The van der Waals surface area contributed by atoms with E-state index in [1.807, 2.05) is 0 Å². The molecule has 1 N–H and O–H groups in total. The second-order valence-corrected chi connectivity index (χ2v) is 4.11. The van der Waals surface area contributed by atoms with Crippen molar-refractivity contribution in [1.82, 2.24) is 5.32 Å². The maximum Gasteiger partial charge on any atom is 0.240 e. The SMILES string of the molecule is C=CCNC(=O)CN(C(C)=O)c1ccc(Cl)cc1. The lowest BCUT2D eigenvalue weighted by Crippen LogP contribution is -2.39. The minimum atomic E-state index is -0.236. The molecule has 0 aliphatic rings. The Morgan fingerprint density at radius 1 is 1.39 bits per heavy atom. The van der Waals surface area contributed by atoms with Gasteiger partial charge in [0.25, 0.3) is 0 Å². The molecule has 0 fully saturated rings. The van der Waals surface area contributed by atoms with Gasteiger partial charge in [-0.1, -0.05) is 17.7 Å². The standard InChI is InChI=1S/C13H15ClN2O2/c1-3-8-15-13(18)9-16(10(2)17)12-6-4-11(14)5-7-12/h3-7H,1,8-9H2,2H3,(H,15,18). The quantitative estimate of drug-likeness (QED) is 0.829. The smallest absolute Gasteiger partial charge is 0.240 e. The minimum absolute atomic E-state index is 0.0230.